The van der Waals surface area contributed by atoms with Gasteiger partial charge in [-0.05, 0) is 42.0 Å². The van der Waals surface area contributed by atoms with Crippen LogP contribution < -0.4 is 0 Å². The van der Waals surface area contributed by atoms with Crippen LogP contribution in [-0.2, 0) is 12.1 Å². The van der Waals surface area contributed by atoms with Crippen LogP contribution >= 0.6 is 12.2 Å². The van der Waals surface area contributed by atoms with Gasteiger partial charge >= 0.3 is 0 Å². The summed E-state index contributed by atoms with van der Waals surface area (Å²) in [5, 5.41) is 14.5. The molecule has 4 nitrogen and oxygen atoms in total. The summed E-state index contributed by atoms with van der Waals surface area (Å²) in [6, 6.07) is 9.88. The maximum atomic E-state index is 11.5. The van der Waals surface area contributed by atoms with Crippen molar-refractivity contribution in [1.82, 2.24) is 14.8 Å². The van der Waals surface area contributed by atoms with Gasteiger partial charge in [-0.25, -0.2) is 4.98 Å². The highest BCUT2D eigenvalue weighted by Crippen LogP contribution is 2.57. The highest BCUT2D eigenvalue weighted by Gasteiger charge is 2.52. The van der Waals surface area contributed by atoms with E-state index in [-0.39, 0.29) is 11.3 Å². The van der Waals surface area contributed by atoms with Gasteiger partial charge in [-0.15, -0.1) is 0 Å². The Kier molecular flexibility index (Phi) is 3.50. The third-order valence-corrected chi connectivity index (χ3v) is 5.42. The number of hydrogen-bond acceptors (Lipinski definition) is 3. The van der Waals surface area contributed by atoms with Gasteiger partial charge in [0.15, 0.2) is 0 Å². The summed E-state index contributed by atoms with van der Waals surface area (Å²) in [6.07, 6.45) is 3.90. The molecule has 3 rings (SSSR count). The lowest BCUT2D eigenvalue weighted by molar-refractivity contribution is -0.0611. The third-order valence-electron chi connectivity index (χ3n) is 5.09. The van der Waals surface area contributed by atoms with Crippen molar-refractivity contribution in [3.05, 3.63) is 47.0 Å². The third kappa shape index (κ3) is 2.56. The summed E-state index contributed by atoms with van der Waals surface area (Å²) >= 11 is 5.21. The maximum Gasteiger partial charge on any atom is 0.215 e. The normalized spacial score (nSPS) is 20.7. The average molecular weight is 303 g/mol. The van der Waals surface area contributed by atoms with Gasteiger partial charge in [-0.2, -0.15) is 0 Å². The van der Waals surface area contributed by atoms with E-state index >= 15 is 0 Å². The molecule has 2 unspecified atom stereocenters. The Labute approximate surface area is 129 Å². The molecule has 1 heterocycles. The van der Waals surface area contributed by atoms with E-state index in [1.54, 1.807) is 11.0 Å². The number of aromatic nitrogens is 3. The van der Waals surface area contributed by atoms with Crippen LogP contribution in [0.4, 0.5) is 0 Å². The zero-order valence-corrected chi connectivity index (χ0v) is 13.2. The zero-order chi connectivity index (χ0) is 15.1. The summed E-state index contributed by atoms with van der Waals surface area (Å²) in [4.78, 5) is 4.04. The molecule has 112 valence electrons. The summed E-state index contributed by atoms with van der Waals surface area (Å²) in [5.41, 5.74) is 0.173. The lowest BCUT2D eigenvalue weighted by Crippen LogP contribution is -2.42. The Balaban J connectivity index is 2.02. The van der Waals surface area contributed by atoms with Crippen LogP contribution in [0.5, 0.6) is 0 Å². The minimum atomic E-state index is -0.961. The molecule has 0 saturated heterocycles. The Hall–Kier alpha value is -1.46. The Morgan fingerprint density at radius 1 is 1.43 bits per heavy atom. The molecule has 2 atom stereocenters. The van der Waals surface area contributed by atoms with Gasteiger partial charge in [0.1, 0.15) is 11.9 Å². The molecule has 0 bridgehead atoms. The first-order valence-corrected chi connectivity index (χ1v) is 7.75. The second-order valence-electron chi connectivity index (χ2n) is 6.42. The predicted molar refractivity (Wildman–Crippen MR) is 84.3 cm³/mol. The second-order valence-corrected chi connectivity index (χ2v) is 6.79. The molecule has 0 spiro atoms. The number of nitrogens with zero attached hydrogens (tertiary/aromatic N) is 2. The number of aromatic amines is 1. The van der Waals surface area contributed by atoms with Crippen LogP contribution in [0.15, 0.2) is 36.7 Å². The van der Waals surface area contributed by atoms with Crippen LogP contribution in [0.3, 0.4) is 0 Å². The number of hydrogen-bond donors (Lipinski definition) is 2. The van der Waals surface area contributed by atoms with Crippen LogP contribution in [0.2, 0.25) is 0 Å². The van der Waals surface area contributed by atoms with Crippen molar-refractivity contribution in [3.8, 4) is 0 Å². The van der Waals surface area contributed by atoms with Crippen molar-refractivity contribution in [1.29, 1.82) is 0 Å². The number of nitrogens with one attached hydrogen (secondary N) is 1. The van der Waals surface area contributed by atoms with E-state index in [2.05, 4.69) is 23.9 Å². The average Bonchev–Trinajstić information content (AvgIpc) is 3.13. The summed E-state index contributed by atoms with van der Waals surface area (Å²) in [6.45, 7) is 4.78. The molecule has 1 saturated carbocycles. The van der Waals surface area contributed by atoms with E-state index < -0.39 is 5.60 Å². The van der Waals surface area contributed by atoms with Gasteiger partial charge in [0.05, 0.1) is 6.54 Å². The highest BCUT2D eigenvalue weighted by atomic mass is 32.1. The Bertz CT molecular complexity index is 674. The molecule has 1 aliphatic carbocycles. The first kappa shape index (κ1) is 14.5. The quantitative estimate of drug-likeness (QED) is 0.834. The van der Waals surface area contributed by atoms with Crippen molar-refractivity contribution >= 4 is 12.2 Å². The summed E-state index contributed by atoms with van der Waals surface area (Å²) in [5.74, 6) is 0.137. The monoisotopic (exact) mass is 303 g/mol. The lowest BCUT2D eigenvalue weighted by Gasteiger charge is -2.38. The molecule has 1 aromatic carbocycles. The molecule has 0 radical (unpaired) electrons. The molecule has 1 aromatic heterocycles. The van der Waals surface area contributed by atoms with Crippen LogP contribution in [0.1, 0.15) is 32.3 Å². The van der Waals surface area contributed by atoms with E-state index in [4.69, 9.17) is 12.2 Å². The molecule has 1 aliphatic rings. The summed E-state index contributed by atoms with van der Waals surface area (Å²) < 4.78 is 2.21. The highest BCUT2D eigenvalue weighted by molar-refractivity contribution is 7.71. The van der Waals surface area contributed by atoms with E-state index in [1.165, 1.54) is 0 Å². The van der Waals surface area contributed by atoms with Crippen molar-refractivity contribution in [2.24, 2.45) is 11.3 Å². The number of H-pyrrole nitrogens is 1. The van der Waals surface area contributed by atoms with Crippen LogP contribution in [-0.4, -0.2) is 19.9 Å². The fourth-order valence-electron chi connectivity index (χ4n) is 3.04. The van der Waals surface area contributed by atoms with Gasteiger partial charge < -0.3 is 5.11 Å². The van der Waals surface area contributed by atoms with Gasteiger partial charge in [0.25, 0.3) is 0 Å². The molecule has 0 amide bonds. The van der Waals surface area contributed by atoms with Gasteiger partial charge in [0.2, 0.25) is 4.77 Å². The van der Waals surface area contributed by atoms with Crippen molar-refractivity contribution < 1.29 is 5.11 Å². The SMILES string of the molecule is CC(C1(C)CC1)C(O)(Cn1[nH]cnc1=S)c1ccccc1. The largest absolute Gasteiger partial charge is 0.383 e. The Morgan fingerprint density at radius 3 is 2.62 bits per heavy atom. The van der Waals surface area contributed by atoms with Gasteiger partial charge in [0, 0.05) is 0 Å². The van der Waals surface area contributed by atoms with Crippen molar-refractivity contribution in [2.45, 2.75) is 38.8 Å². The molecule has 2 aromatic rings. The molecule has 0 aliphatic heterocycles. The van der Waals surface area contributed by atoms with E-state index in [0.29, 0.717) is 11.3 Å². The van der Waals surface area contributed by atoms with Crippen molar-refractivity contribution in [2.75, 3.05) is 0 Å². The van der Waals surface area contributed by atoms with E-state index in [0.717, 1.165) is 18.4 Å². The smallest absolute Gasteiger partial charge is 0.215 e. The van der Waals surface area contributed by atoms with Gasteiger partial charge in [-0.3, -0.25) is 9.78 Å². The Morgan fingerprint density at radius 2 is 2.10 bits per heavy atom. The zero-order valence-electron chi connectivity index (χ0n) is 12.4. The minimum absolute atomic E-state index is 0.137. The standard InChI is InChI=1S/C16H21N3OS/c1-12(15(2)8-9-15)16(20,13-6-4-3-5-7-13)10-19-14(21)17-11-18-19/h3-7,11-12,20H,8-10H2,1-2H3,(H,17,18,21). The molecule has 2 N–H and O–H groups in total. The first-order chi connectivity index (χ1) is 9.96. The summed E-state index contributed by atoms with van der Waals surface area (Å²) in [7, 11) is 0. The maximum absolute atomic E-state index is 11.5. The van der Waals surface area contributed by atoms with Crippen LogP contribution in [0, 0.1) is 16.1 Å². The topological polar surface area (TPSA) is 53.8 Å². The van der Waals surface area contributed by atoms with Gasteiger partial charge in [-0.1, -0.05) is 44.2 Å². The minimum Gasteiger partial charge on any atom is -0.383 e. The fraction of sp³-hybridized carbons (Fsp3) is 0.500. The number of rotatable bonds is 5. The molecule has 5 heteroatoms. The first-order valence-electron chi connectivity index (χ1n) is 7.34. The van der Waals surface area contributed by atoms with Crippen molar-refractivity contribution in [3.63, 3.8) is 0 Å². The van der Waals surface area contributed by atoms with E-state index in [1.807, 2.05) is 30.3 Å². The number of benzene rings is 1. The molecule has 1 fully saturated rings. The molecular formula is C16H21N3OS. The molecular weight excluding hydrogens is 282 g/mol. The molecule has 21 heavy (non-hydrogen) atoms. The fourth-order valence-corrected chi connectivity index (χ4v) is 3.21. The number of aliphatic hydroxyl groups is 1. The second kappa shape index (κ2) is 5.07. The van der Waals surface area contributed by atoms with Crippen LogP contribution in [0.25, 0.3) is 0 Å². The lowest BCUT2D eigenvalue weighted by atomic mass is 9.74. The predicted octanol–water partition coefficient (Wildman–Crippen LogP) is 3.26. The van der Waals surface area contributed by atoms with E-state index in [9.17, 15) is 5.11 Å².